The van der Waals surface area contributed by atoms with Gasteiger partial charge in [-0.3, -0.25) is 0 Å². The summed E-state index contributed by atoms with van der Waals surface area (Å²) in [4.78, 5) is 4.77. The normalized spacial score (nSPS) is 14.5. The molecular formula is C60H44N2O2. The van der Waals surface area contributed by atoms with Gasteiger partial charge in [-0.05, 0) is 102 Å². The molecule has 2 heterocycles. The highest BCUT2D eigenvalue weighted by Crippen LogP contribution is 2.42. The zero-order chi connectivity index (χ0) is 42.4. The Kier molecular flexibility index (Phi) is 9.41. The monoisotopic (exact) mass is 824 g/mol. The van der Waals surface area contributed by atoms with E-state index in [1.54, 1.807) is 0 Å². The maximum absolute atomic E-state index is 6.47. The van der Waals surface area contributed by atoms with Crippen molar-refractivity contribution in [1.29, 1.82) is 0 Å². The van der Waals surface area contributed by atoms with Crippen LogP contribution in [0.1, 0.15) is 29.7 Å². The lowest BCUT2D eigenvalue weighted by Crippen LogP contribution is -2.30. The Hall–Kier alpha value is -8.08. The number of rotatable bonds is 9. The number of benzene rings is 8. The van der Waals surface area contributed by atoms with Crippen LogP contribution < -0.4 is 9.80 Å². The van der Waals surface area contributed by atoms with Crippen LogP contribution in [-0.2, 0) is 6.42 Å². The van der Waals surface area contributed by atoms with Crippen LogP contribution in [0.2, 0.25) is 0 Å². The van der Waals surface area contributed by atoms with Crippen molar-refractivity contribution >= 4 is 73.0 Å². The lowest BCUT2D eigenvalue weighted by molar-refractivity contribution is 0.547. The van der Waals surface area contributed by atoms with Crippen LogP contribution in [-0.4, -0.2) is 6.04 Å². The van der Waals surface area contributed by atoms with Crippen LogP contribution in [0, 0.1) is 0 Å². The second-order valence-electron chi connectivity index (χ2n) is 16.7. The van der Waals surface area contributed by atoms with E-state index in [1.165, 1.54) is 22.1 Å². The molecule has 0 bridgehead atoms. The highest BCUT2D eigenvalue weighted by atomic mass is 16.3. The first kappa shape index (κ1) is 37.7. The molecule has 0 amide bonds. The quantitative estimate of drug-likeness (QED) is 0.145. The Balaban J connectivity index is 0.806. The van der Waals surface area contributed by atoms with Crippen LogP contribution in [0.25, 0.3) is 66.8 Å². The highest BCUT2D eigenvalue weighted by Gasteiger charge is 2.23. The highest BCUT2D eigenvalue weighted by molar-refractivity contribution is 6.09. The van der Waals surface area contributed by atoms with Crippen molar-refractivity contribution in [2.24, 2.45) is 0 Å². The number of para-hydroxylation sites is 5. The summed E-state index contributed by atoms with van der Waals surface area (Å²) in [5.74, 6) is 1.09. The third kappa shape index (κ3) is 6.72. The van der Waals surface area contributed by atoms with Gasteiger partial charge >= 0.3 is 0 Å². The molecule has 2 aliphatic rings. The van der Waals surface area contributed by atoms with Gasteiger partial charge in [-0.2, -0.15) is 0 Å². The topological polar surface area (TPSA) is 32.8 Å². The molecule has 1 unspecified atom stereocenters. The number of hydrogen-bond donors (Lipinski definition) is 0. The molecule has 306 valence electrons. The lowest BCUT2D eigenvalue weighted by Gasteiger charge is -2.33. The molecule has 12 rings (SSSR count). The molecule has 0 radical (unpaired) electrons. The van der Waals surface area contributed by atoms with Crippen molar-refractivity contribution in [3.63, 3.8) is 0 Å². The average Bonchev–Trinajstić information content (AvgIpc) is 3.95. The minimum Gasteiger partial charge on any atom is -0.460 e. The zero-order valence-electron chi connectivity index (χ0n) is 35.3. The van der Waals surface area contributed by atoms with Gasteiger partial charge in [0.05, 0.1) is 6.04 Å². The SMILES string of the molecule is C1=Cc2c(oc3c(-c4ccc(N(c5ccccc5)c5ccc(C6=CCC(N(c7ccccc7)c7ccc(-c8cccc9c8oc8ccccc89)cc7)C=C6)cc5)cc4)cccc23)CC1. The number of nitrogens with zero attached hydrogens (tertiary/aromatic N) is 2. The van der Waals surface area contributed by atoms with Crippen molar-refractivity contribution in [3.8, 4) is 22.3 Å². The molecule has 0 saturated heterocycles. The Labute approximate surface area is 372 Å². The number of fused-ring (bicyclic) bond motifs is 6. The van der Waals surface area contributed by atoms with E-state index in [9.17, 15) is 0 Å². The molecule has 2 aliphatic carbocycles. The van der Waals surface area contributed by atoms with Crippen LogP contribution in [0.3, 0.4) is 0 Å². The molecule has 0 spiro atoms. The Morgan fingerprint density at radius 1 is 0.438 bits per heavy atom. The van der Waals surface area contributed by atoms with E-state index in [0.717, 1.165) is 103 Å². The maximum atomic E-state index is 6.47. The summed E-state index contributed by atoms with van der Waals surface area (Å²) in [6.45, 7) is 0. The van der Waals surface area contributed by atoms with Crippen molar-refractivity contribution in [3.05, 3.63) is 235 Å². The van der Waals surface area contributed by atoms with Gasteiger partial charge in [-0.25, -0.2) is 0 Å². The summed E-state index contributed by atoms with van der Waals surface area (Å²) in [5.41, 5.74) is 16.6. The molecule has 0 saturated carbocycles. The maximum Gasteiger partial charge on any atom is 0.143 e. The van der Waals surface area contributed by atoms with Crippen molar-refractivity contribution in [1.82, 2.24) is 0 Å². The van der Waals surface area contributed by atoms with Gasteiger partial charge in [0, 0.05) is 67.7 Å². The number of allylic oxidation sites excluding steroid dienone is 3. The summed E-state index contributed by atoms with van der Waals surface area (Å²) in [7, 11) is 0. The third-order valence-corrected chi connectivity index (χ3v) is 12.9. The molecule has 1 atom stereocenters. The number of hydrogen-bond acceptors (Lipinski definition) is 4. The van der Waals surface area contributed by atoms with Crippen molar-refractivity contribution in [2.75, 3.05) is 9.80 Å². The minimum atomic E-state index is 0.147. The first-order valence-electron chi connectivity index (χ1n) is 22.2. The van der Waals surface area contributed by atoms with Crippen LogP contribution in [0.4, 0.5) is 28.4 Å². The van der Waals surface area contributed by atoms with E-state index in [1.807, 2.05) is 12.1 Å². The smallest absolute Gasteiger partial charge is 0.143 e. The van der Waals surface area contributed by atoms with Gasteiger partial charge in [0.15, 0.2) is 0 Å². The standard InChI is InChI=1S/C60H44N2O2/c1-3-13-45(14-4-1)61(49-37-29-43(30-38-49)51-19-11-21-55-53-17-7-9-23-57(53)63-59(51)55)47-33-25-41(26-34-47)42-27-35-48(36-28-42)62(46-15-5-2-6-16-46)50-39-31-44(32-40-50)52-20-12-22-56-54-18-8-10-24-58(54)64-60(52)56/h1-9,11-23,25-33,35-40,47H,10,24,34H2. The molecular weight excluding hydrogens is 781 g/mol. The van der Waals surface area contributed by atoms with Gasteiger partial charge in [0.25, 0.3) is 0 Å². The number of aryl methyl sites for hydroxylation is 1. The molecule has 2 aromatic heterocycles. The largest absolute Gasteiger partial charge is 0.460 e. The molecule has 0 aliphatic heterocycles. The molecule has 10 aromatic rings. The van der Waals surface area contributed by atoms with Crippen molar-refractivity contribution < 1.29 is 8.83 Å². The van der Waals surface area contributed by atoms with E-state index in [4.69, 9.17) is 8.83 Å². The molecule has 0 fully saturated rings. The van der Waals surface area contributed by atoms with Crippen molar-refractivity contribution in [2.45, 2.75) is 25.3 Å². The molecule has 64 heavy (non-hydrogen) atoms. The predicted octanol–water partition coefficient (Wildman–Crippen LogP) is 16.6. The summed E-state index contributed by atoms with van der Waals surface area (Å²) in [6, 6.07) is 69.4. The molecule has 8 aromatic carbocycles. The molecule has 0 N–H and O–H groups in total. The van der Waals surface area contributed by atoms with Gasteiger partial charge in [0.2, 0.25) is 0 Å². The third-order valence-electron chi connectivity index (χ3n) is 12.9. The van der Waals surface area contributed by atoms with E-state index in [2.05, 4.69) is 222 Å². The second-order valence-corrected chi connectivity index (χ2v) is 16.7. The van der Waals surface area contributed by atoms with E-state index in [-0.39, 0.29) is 6.04 Å². The Bertz CT molecular complexity index is 3390. The fourth-order valence-electron chi connectivity index (χ4n) is 9.73. The van der Waals surface area contributed by atoms with Gasteiger partial charge in [0.1, 0.15) is 22.5 Å². The predicted molar refractivity (Wildman–Crippen MR) is 267 cm³/mol. The fourth-order valence-corrected chi connectivity index (χ4v) is 9.73. The van der Waals surface area contributed by atoms with Crippen LogP contribution in [0.15, 0.2) is 227 Å². The van der Waals surface area contributed by atoms with Gasteiger partial charge < -0.3 is 18.6 Å². The lowest BCUT2D eigenvalue weighted by atomic mass is 9.95. The summed E-state index contributed by atoms with van der Waals surface area (Å²) >= 11 is 0. The summed E-state index contributed by atoms with van der Waals surface area (Å²) in [6.07, 6.45) is 14.3. The first-order valence-corrected chi connectivity index (χ1v) is 22.2. The minimum absolute atomic E-state index is 0.147. The zero-order valence-corrected chi connectivity index (χ0v) is 35.3. The van der Waals surface area contributed by atoms with E-state index < -0.39 is 0 Å². The van der Waals surface area contributed by atoms with Gasteiger partial charge in [-0.1, -0.05) is 158 Å². The Morgan fingerprint density at radius 3 is 1.66 bits per heavy atom. The number of anilines is 5. The van der Waals surface area contributed by atoms with Crippen LogP contribution >= 0.6 is 0 Å². The first-order chi connectivity index (χ1) is 31.7. The summed E-state index contributed by atoms with van der Waals surface area (Å²) in [5, 5.41) is 3.47. The van der Waals surface area contributed by atoms with Crippen LogP contribution in [0.5, 0.6) is 0 Å². The average molecular weight is 825 g/mol. The molecule has 4 heteroatoms. The molecule has 4 nitrogen and oxygen atoms in total. The van der Waals surface area contributed by atoms with E-state index >= 15 is 0 Å². The fraction of sp³-hybridized carbons (Fsp3) is 0.0667. The Morgan fingerprint density at radius 2 is 0.984 bits per heavy atom. The second kappa shape index (κ2) is 16.0. The van der Waals surface area contributed by atoms with Gasteiger partial charge in [-0.15, -0.1) is 0 Å². The summed E-state index contributed by atoms with van der Waals surface area (Å²) < 4.78 is 12.9. The number of furan rings is 2. The van der Waals surface area contributed by atoms with E-state index in [0.29, 0.717) is 0 Å².